The fourth-order valence-corrected chi connectivity index (χ4v) is 1.93. The third-order valence-corrected chi connectivity index (χ3v) is 3.22. The van der Waals surface area contributed by atoms with Crippen molar-refractivity contribution in [2.45, 2.75) is 33.0 Å². The highest BCUT2D eigenvalue weighted by atomic mass is 16.5. The van der Waals surface area contributed by atoms with Crippen LogP contribution in [0.4, 0.5) is 0 Å². The van der Waals surface area contributed by atoms with Crippen molar-refractivity contribution < 1.29 is 4.74 Å². The Morgan fingerprint density at radius 2 is 2.05 bits per heavy atom. The van der Waals surface area contributed by atoms with E-state index in [9.17, 15) is 0 Å². The molecular weight excluding hydrogens is 240 g/mol. The normalized spacial score (nSPS) is 12.4. The van der Waals surface area contributed by atoms with Crippen LogP contribution in [-0.4, -0.2) is 21.9 Å². The fourth-order valence-electron chi connectivity index (χ4n) is 1.93. The lowest BCUT2D eigenvalue weighted by atomic mass is 10.1. The standard InChI is InChI=1S/C14H20N4O/c1-4-18-10-16-17-14(18)9-15-11(2)12-5-7-13(19-3)8-6-12/h5-8,10-11,15H,4,9H2,1-3H3. The van der Waals surface area contributed by atoms with Gasteiger partial charge in [-0.3, -0.25) is 0 Å². The van der Waals surface area contributed by atoms with E-state index < -0.39 is 0 Å². The van der Waals surface area contributed by atoms with E-state index in [1.807, 2.05) is 16.7 Å². The molecule has 0 amide bonds. The summed E-state index contributed by atoms with van der Waals surface area (Å²) in [6, 6.07) is 8.35. The van der Waals surface area contributed by atoms with Gasteiger partial charge in [-0.25, -0.2) is 0 Å². The Morgan fingerprint density at radius 1 is 1.32 bits per heavy atom. The van der Waals surface area contributed by atoms with Crippen LogP contribution in [0.3, 0.4) is 0 Å². The van der Waals surface area contributed by atoms with Crippen LogP contribution in [-0.2, 0) is 13.1 Å². The number of methoxy groups -OCH3 is 1. The molecule has 5 nitrogen and oxygen atoms in total. The second-order valence-electron chi connectivity index (χ2n) is 4.41. The molecule has 0 radical (unpaired) electrons. The molecule has 1 heterocycles. The molecule has 0 aliphatic carbocycles. The SMILES string of the molecule is CCn1cnnc1CNC(C)c1ccc(OC)cc1. The van der Waals surface area contributed by atoms with Crippen LogP contribution in [0.25, 0.3) is 0 Å². The summed E-state index contributed by atoms with van der Waals surface area (Å²) in [7, 11) is 1.67. The number of benzene rings is 1. The van der Waals surface area contributed by atoms with Gasteiger partial charge in [0.2, 0.25) is 0 Å². The van der Waals surface area contributed by atoms with Crippen LogP contribution in [0.2, 0.25) is 0 Å². The lowest BCUT2D eigenvalue weighted by Gasteiger charge is -2.14. The minimum Gasteiger partial charge on any atom is -0.497 e. The molecule has 102 valence electrons. The van der Waals surface area contributed by atoms with Gasteiger partial charge in [-0.15, -0.1) is 10.2 Å². The predicted molar refractivity (Wildman–Crippen MR) is 73.9 cm³/mol. The summed E-state index contributed by atoms with van der Waals surface area (Å²) in [4.78, 5) is 0. The van der Waals surface area contributed by atoms with Crippen LogP contribution in [0.1, 0.15) is 31.3 Å². The smallest absolute Gasteiger partial charge is 0.146 e. The average Bonchev–Trinajstić information content (AvgIpc) is 2.92. The lowest BCUT2D eigenvalue weighted by molar-refractivity contribution is 0.414. The Morgan fingerprint density at radius 3 is 2.68 bits per heavy atom. The molecule has 0 saturated heterocycles. The first-order valence-corrected chi connectivity index (χ1v) is 6.48. The molecule has 1 aromatic carbocycles. The van der Waals surface area contributed by atoms with Gasteiger partial charge in [0.15, 0.2) is 0 Å². The quantitative estimate of drug-likeness (QED) is 0.864. The maximum absolute atomic E-state index is 5.16. The van der Waals surface area contributed by atoms with Crippen molar-refractivity contribution in [2.75, 3.05) is 7.11 Å². The van der Waals surface area contributed by atoms with Crippen LogP contribution < -0.4 is 10.1 Å². The van der Waals surface area contributed by atoms with Crippen LogP contribution in [0, 0.1) is 0 Å². The van der Waals surface area contributed by atoms with Crippen molar-refractivity contribution in [3.63, 3.8) is 0 Å². The molecule has 0 bridgehead atoms. The zero-order valence-corrected chi connectivity index (χ0v) is 11.6. The summed E-state index contributed by atoms with van der Waals surface area (Å²) < 4.78 is 7.19. The zero-order chi connectivity index (χ0) is 13.7. The fraction of sp³-hybridized carbons (Fsp3) is 0.429. The Bertz CT molecular complexity index is 506. The van der Waals surface area contributed by atoms with E-state index in [1.165, 1.54) is 5.56 Å². The van der Waals surface area contributed by atoms with E-state index in [1.54, 1.807) is 13.4 Å². The Balaban J connectivity index is 1.95. The third-order valence-electron chi connectivity index (χ3n) is 3.22. The van der Waals surface area contributed by atoms with Gasteiger partial charge in [0.25, 0.3) is 0 Å². The second kappa shape index (κ2) is 6.33. The summed E-state index contributed by atoms with van der Waals surface area (Å²) >= 11 is 0. The van der Waals surface area contributed by atoms with E-state index in [0.29, 0.717) is 6.54 Å². The van der Waals surface area contributed by atoms with Gasteiger partial charge in [0.05, 0.1) is 13.7 Å². The summed E-state index contributed by atoms with van der Waals surface area (Å²) in [5.74, 6) is 1.84. The van der Waals surface area contributed by atoms with E-state index in [0.717, 1.165) is 18.1 Å². The first kappa shape index (κ1) is 13.5. The molecule has 1 aromatic heterocycles. The molecule has 1 N–H and O–H groups in total. The Labute approximate surface area is 113 Å². The van der Waals surface area contributed by atoms with Gasteiger partial charge in [-0.05, 0) is 31.5 Å². The highest BCUT2D eigenvalue weighted by Gasteiger charge is 2.07. The number of hydrogen-bond acceptors (Lipinski definition) is 4. The molecule has 0 fully saturated rings. The van der Waals surface area contributed by atoms with Crippen LogP contribution in [0.5, 0.6) is 5.75 Å². The number of nitrogens with one attached hydrogen (secondary N) is 1. The number of aromatic nitrogens is 3. The van der Waals surface area contributed by atoms with E-state index in [4.69, 9.17) is 4.74 Å². The third kappa shape index (κ3) is 3.32. The minimum absolute atomic E-state index is 0.257. The average molecular weight is 260 g/mol. The predicted octanol–water partition coefficient (Wildman–Crippen LogP) is 2.16. The summed E-state index contributed by atoms with van der Waals surface area (Å²) in [6.07, 6.45) is 1.76. The van der Waals surface area contributed by atoms with Crippen molar-refractivity contribution in [3.8, 4) is 5.75 Å². The van der Waals surface area contributed by atoms with Crippen molar-refractivity contribution in [1.82, 2.24) is 20.1 Å². The van der Waals surface area contributed by atoms with Crippen molar-refractivity contribution in [3.05, 3.63) is 42.0 Å². The van der Waals surface area contributed by atoms with Gasteiger partial charge in [-0.1, -0.05) is 12.1 Å². The molecule has 0 spiro atoms. The highest BCUT2D eigenvalue weighted by molar-refractivity contribution is 5.28. The number of ether oxygens (including phenoxy) is 1. The maximum Gasteiger partial charge on any atom is 0.146 e. The molecule has 0 saturated carbocycles. The highest BCUT2D eigenvalue weighted by Crippen LogP contribution is 2.17. The molecular formula is C14H20N4O. The lowest BCUT2D eigenvalue weighted by Crippen LogP contribution is -2.20. The van der Waals surface area contributed by atoms with Gasteiger partial charge in [0.1, 0.15) is 17.9 Å². The molecule has 2 rings (SSSR count). The van der Waals surface area contributed by atoms with Crippen molar-refractivity contribution in [2.24, 2.45) is 0 Å². The summed E-state index contributed by atoms with van der Waals surface area (Å²) in [5, 5.41) is 11.5. The first-order chi connectivity index (χ1) is 9.24. The molecule has 0 aliphatic rings. The number of nitrogens with zero attached hydrogens (tertiary/aromatic N) is 3. The first-order valence-electron chi connectivity index (χ1n) is 6.48. The van der Waals surface area contributed by atoms with Gasteiger partial charge in [-0.2, -0.15) is 0 Å². The Kier molecular flexibility index (Phi) is 4.52. The van der Waals surface area contributed by atoms with E-state index in [2.05, 4.69) is 41.5 Å². The second-order valence-corrected chi connectivity index (χ2v) is 4.41. The topological polar surface area (TPSA) is 52.0 Å². The zero-order valence-electron chi connectivity index (χ0n) is 11.6. The number of rotatable bonds is 6. The molecule has 1 unspecified atom stereocenters. The van der Waals surface area contributed by atoms with E-state index in [-0.39, 0.29) is 6.04 Å². The molecule has 19 heavy (non-hydrogen) atoms. The summed E-state index contributed by atoms with van der Waals surface area (Å²) in [6.45, 7) is 5.82. The molecule has 1 atom stereocenters. The van der Waals surface area contributed by atoms with Gasteiger partial charge in [0, 0.05) is 12.6 Å². The molecule has 0 aliphatic heterocycles. The van der Waals surface area contributed by atoms with Crippen molar-refractivity contribution in [1.29, 1.82) is 0 Å². The summed E-state index contributed by atoms with van der Waals surface area (Å²) in [5.41, 5.74) is 1.23. The largest absolute Gasteiger partial charge is 0.497 e. The van der Waals surface area contributed by atoms with Gasteiger partial charge >= 0.3 is 0 Å². The molecule has 2 aromatic rings. The number of hydrogen-bond donors (Lipinski definition) is 1. The maximum atomic E-state index is 5.16. The van der Waals surface area contributed by atoms with E-state index >= 15 is 0 Å². The van der Waals surface area contributed by atoms with Gasteiger partial charge < -0.3 is 14.6 Å². The molecule has 5 heteroatoms. The van der Waals surface area contributed by atoms with Crippen LogP contribution >= 0.6 is 0 Å². The van der Waals surface area contributed by atoms with Crippen LogP contribution in [0.15, 0.2) is 30.6 Å². The van der Waals surface area contributed by atoms with Crippen molar-refractivity contribution >= 4 is 0 Å². The number of aryl methyl sites for hydroxylation is 1. The monoisotopic (exact) mass is 260 g/mol. The Hall–Kier alpha value is -1.88. The minimum atomic E-state index is 0.257.